The molecule has 1 aliphatic heterocycles. The molecular formula is C26H24FN3O5S. The summed E-state index contributed by atoms with van der Waals surface area (Å²) in [5.74, 6) is -1.98. The van der Waals surface area contributed by atoms with Crippen LogP contribution < -0.4 is 10.0 Å². The van der Waals surface area contributed by atoms with Crippen LogP contribution in [0.5, 0.6) is 0 Å². The number of carbonyl (C=O) groups excluding carboxylic acids is 3. The van der Waals surface area contributed by atoms with Gasteiger partial charge in [0.05, 0.1) is 17.0 Å². The van der Waals surface area contributed by atoms with Crippen molar-refractivity contribution >= 4 is 33.4 Å². The second kappa shape index (κ2) is 10.00. The Morgan fingerprint density at radius 2 is 1.61 bits per heavy atom. The fraction of sp³-hybridized carbons (Fsp3) is 0.192. The van der Waals surface area contributed by atoms with E-state index in [1.807, 2.05) is 6.92 Å². The van der Waals surface area contributed by atoms with E-state index in [9.17, 15) is 27.2 Å². The van der Waals surface area contributed by atoms with Crippen LogP contribution in [-0.4, -0.2) is 43.6 Å². The third-order valence-electron chi connectivity index (χ3n) is 6.04. The summed E-state index contributed by atoms with van der Waals surface area (Å²) in [6.07, 6.45) is 0.0924. The average molecular weight is 510 g/mol. The Hall–Kier alpha value is -3.89. The summed E-state index contributed by atoms with van der Waals surface area (Å²) in [6.45, 7) is 1.99. The number of nitrogens with zero attached hydrogens (tertiary/aromatic N) is 2. The third kappa shape index (κ3) is 5.34. The van der Waals surface area contributed by atoms with Crippen LogP contribution in [0.2, 0.25) is 0 Å². The molecule has 1 heterocycles. The van der Waals surface area contributed by atoms with Crippen molar-refractivity contribution in [1.82, 2.24) is 4.90 Å². The summed E-state index contributed by atoms with van der Waals surface area (Å²) in [5, 5.41) is 5.15. The zero-order valence-electron chi connectivity index (χ0n) is 19.4. The van der Waals surface area contributed by atoms with Crippen LogP contribution in [0, 0.1) is 12.7 Å². The van der Waals surface area contributed by atoms with E-state index >= 15 is 0 Å². The number of rotatable bonds is 7. The Balaban J connectivity index is 1.62. The third-order valence-corrected chi connectivity index (χ3v) is 6.97. The lowest BCUT2D eigenvalue weighted by Gasteiger charge is -2.28. The maximum Gasteiger partial charge on any atom is 0.257 e. The van der Waals surface area contributed by atoms with E-state index in [4.69, 9.17) is 5.14 Å². The molecular weight excluding hydrogens is 485 g/mol. The van der Waals surface area contributed by atoms with Gasteiger partial charge in [-0.25, -0.2) is 22.8 Å². The highest BCUT2D eigenvalue weighted by Crippen LogP contribution is 2.27. The van der Waals surface area contributed by atoms with Crippen molar-refractivity contribution < 1.29 is 27.2 Å². The molecule has 1 saturated heterocycles. The lowest BCUT2D eigenvalue weighted by molar-refractivity contribution is -0.122. The van der Waals surface area contributed by atoms with Crippen molar-refractivity contribution in [3.05, 3.63) is 95.3 Å². The van der Waals surface area contributed by atoms with Crippen LogP contribution in [0.3, 0.4) is 0 Å². The van der Waals surface area contributed by atoms with E-state index in [0.29, 0.717) is 12.0 Å². The van der Waals surface area contributed by atoms with Gasteiger partial charge in [0.25, 0.3) is 11.8 Å². The lowest BCUT2D eigenvalue weighted by Crippen LogP contribution is -2.46. The van der Waals surface area contributed by atoms with E-state index in [1.165, 1.54) is 29.2 Å². The van der Waals surface area contributed by atoms with Crippen LogP contribution in [0.4, 0.5) is 10.1 Å². The van der Waals surface area contributed by atoms with Gasteiger partial charge in [-0.2, -0.15) is 0 Å². The number of sulfonamides is 1. The van der Waals surface area contributed by atoms with Crippen molar-refractivity contribution in [3.63, 3.8) is 0 Å². The van der Waals surface area contributed by atoms with Gasteiger partial charge < -0.3 is 4.90 Å². The van der Waals surface area contributed by atoms with Crippen LogP contribution in [0.15, 0.2) is 77.7 Å². The molecule has 36 heavy (non-hydrogen) atoms. The van der Waals surface area contributed by atoms with Gasteiger partial charge >= 0.3 is 0 Å². The predicted molar refractivity (Wildman–Crippen MR) is 131 cm³/mol. The molecule has 0 aliphatic carbocycles. The van der Waals surface area contributed by atoms with Gasteiger partial charge in [0.15, 0.2) is 0 Å². The Kier molecular flexibility index (Phi) is 7.00. The second-order valence-electron chi connectivity index (χ2n) is 8.57. The number of anilines is 1. The van der Waals surface area contributed by atoms with Gasteiger partial charge in [0.1, 0.15) is 11.9 Å². The molecule has 3 aromatic rings. The maximum atomic E-state index is 13.5. The van der Waals surface area contributed by atoms with Crippen molar-refractivity contribution in [2.24, 2.45) is 5.14 Å². The average Bonchev–Trinajstić information content (AvgIpc) is 3.13. The maximum absolute atomic E-state index is 13.5. The van der Waals surface area contributed by atoms with Crippen LogP contribution in [0.25, 0.3) is 0 Å². The zero-order valence-corrected chi connectivity index (χ0v) is 20.2. The summed E-state index contributed by atoms with van der Waals surface area (Å²) in [7, 11) is -3.84. The molecule has 10 heteroatoms. The lowest BCUT2D eigenvalue weighted by atomic mass is 10.1. The minimum atomic E-state index is -3.84. The molecule has 0 spiro atoms. The fourth-order valence-electron chi connectivity index (χ4n) is 4.08. The molecule has 1 unspecified atom stereocenters. The Bertz CT molecular complexity index is 1410. The number of hydrogen-bond acceptors (Lipinski definition) is 5. The molecule has 1 fully saturated rings. The topological polar surface area (TPSA) is 118 Å². The standard InChI is InChI=1S/C26H24FN3O5S/c1-17-2-6-19(7-3-17)25(32)29(15-14-18-4-12-22(13-5-18)36(28,34)35)23-16-24(31)30(26(23)33)21-10-8-20(27)9-11-21/h2-13,23H,14-16H2,1H3,(H2,28,34,35). The summed E-state index contributed by atoms with van der Waals surface area (Å²) in [6, 6.07) is 16.7. The fourth-order valence-corrected chi connectivity index (χ4v) is 4.59. The quantitative estimate of drug-likeness (QED) is 0.492. The van der Waals surface area contributed by atoms with E-state index in [2.05, 4.69) is 0 Å². The number of primary sulfonamides is 1. The van der Waals surface area contributed by atoms with E-state index < -0.39 is 39.6 Å². The summed E-state index contributed by atoms with van der Waals surface area (Å²) in [5.41, 5.74) is 2.28. The normalized spacial score (nSPS) is 15.9. The molecule has 0 bridgehead atoms. The zero-order chi connectivity index (χ0) is 26.0. The molecule has 0 aromatic heterocycles. The second-order valence-corrected chi connectivity index (χ2v) is 10.1. The first-order valence-electron chi connectivity index (χ1n) is 11.2. The molecule has 0 radical (unpaired) electrons. The Morgan fingerprint density at radius 3 is 2.19 bits per heavy atom. The molecule has 2 N–H and O–H groups in total. The highest BCUT2D eigenvalue weighted by molar-refractivity contribution is 7.89. The number of nitrogens with two attached hydrogens (primary N) is 1. The monoisotopic (exact) mass is 509 g/mol. The minimum Gasteiger partial charge on any atom is -0.326 e. The van der Waals surface area contributed by atoms with Gasteiger partial charge in [0.2, 0.25) is 15.9 Å². The first kappa shape index (κ1) is 25.2. The highest BCUT2D eigenvalue weighted by atomic mass is 32.2. The van der Waals surface area contributed by atoms with Crippen molar-refractivity contribution in [1.29, 1.82) is 0 Å². The van der Waals surface area contributed by atoms with Crippen molar-refractivity contribution in [2.75, 3.05) is 11.4 Å². The first-order chi connectivity index (χ1) is 17.0. The first-order valence-corrected chi connectivity index (χ1v) is 12.7. The summed E-state index contributed by atoms with van der Waals surface area (Å²) in [4.78, 5) is 41.9. The molecule has 3 aromatic carbocycles. The van der Waals surface area contributed by atoms with Crippen molar-refractivity contribution in [2.45, 2.75) is 30.7 Å². The van der Waals surface area contributed by atoms with Gasteiger partial charge in [-0.1, -0.05) is 29.8 Å². The number of carbonyl (C=O) groups is 3. The van der Waals surface area contributed by atoms with E-state index in [-0.39, 0.29) is 23.5 Å². The minimum absolute atomic E-state index is 0.0367. The molecule has 4 rings (SSSR count). The van der Waals surface area contributed by atoms with E-state index in [1.54, 1.807) is 36.4 Å². The molecule has 1 atom stereocenters. The SMILES string of the molecule is Cc1ccc(C(=O)N(CCc2ccc(S(N)(=O)=O)cc2)C2CC(=O)N(c3ccc(F)cc3)C2=O)cc1. The molecule has 186 valence electrons. The van der Waals surface area contributed by atoms with Gasteiger partial charge in [0, 0.05) is 12.1 Å². The Morgan fingerprint density at radius 1 is 1.00 bits per heavy atom. The number of amides is 3. The van der Waals surface area contributed by atoms with Gasteiger partial charge in [-0.15, -0.1) is 0 Å². The predicted octanol–water partition coefficient (Wildman–Crippen LogP) is 2.80. The number of aryl methyl sites for hydroxylation is 1. The van der Waals surface area contributed by atoms with Crippen LogP contribution in [-0.2, 0) is 26.0 Å². The number of hydrogen-bond donors (Lipinski definition) is 1. The molecule has 0 saturated carbocycles. The highest BCUT2D eigenvalue weighted by Gasteiger charge is 2.44. The number of imide groups is 1. The van der Waals surface area contributed by atoms with Crippen molar-refractivity contribution in [3.8, 4) is 0 Å². The van der Waals surface area contributed by atoms with Crippen LogP contribution in [0.1, 0.15) is 27.9 Å². The smallest absolute Gasteiger partial charge is 0.257 e. The molecule has 3 amide bonds. The molecule has 1 aliphatic rings. The van der Waals surface area contributed by atoms with Gasteiger partial charge in [-0.3, -0.25) is 14.4 Å². The van der Waals surface area contributed by atoms with Crippen LogP contribution >= 0.6 is 0 Å². The largest absolute Gasteiger partial charge is 0.326 e. The number of benzene rings is 3. The van der Waals surface area contributed by atoms with Gasteiger partial charge in [-0.05, 0) is 67.4 Å². The van der Waals surface area contributed by atoms with E-state index in [0.717, 1.165) is 28.2 Å². The Labute approximate surface area is 208 Å². The summed E-state index contributed by atoms with van der Waals surface area (Å²) >= 11 is 0. The summed E-state index contributed by atoms with van der Waals surface area (Å²) < 4.78 is 36.4. The number of halogens is 1. The molecule has 8 nitrogen and oxygen atoms in total.